The summed E-state index contributed by atoms with van der Waals surface area (Å²) in [5.74, 6) is 0.883. The summed E-state index contributed by atoms with van der Waals surface area (Å²) < 4.78 is 6.39. The Morgan fingerprint density at radius 2 is 1.81 bits per heavy atom. The lowest BCUT2D eigenvalue weighted by Crippen LogP contribution is -2.41. The van der Waals surface area contributed by atoms with Gasteiger partial charge in [-0.05, 0) is 67.6 Å². The molecule has 3 N–H and O–H groups in total. The molecule has 0 aliphatic carbocycles. The minimum Gasteiger partial charge on any atom is -0.507 e. The molecule has 0 saturated carbocycles. The van der Waals surface area contributed by atoms with Gasteiger partial charge in [-0.2, -0.15) is 0 Å². The summed E-state index contributed by atoms with van der Waals surface area (Å²) in [6, 6.07) is 9.85. The Balaban J connectivity index is 0.00000171. The van der Waals surface area contributed by atoms with Gasteiger partial charge in [-0.1, -0.05) is 41.4 Å². The van der Waals surface area contributed by atoms with Crippen molar-refractivity contribution in [3.63, 3.8) is 0 Å². The third kappa shape index (κ3) is 5.80. The number of ether oxygens (including phenoxy) is 1. The maximum atomic E-state index is 10.6. The van der Waals surface area contributed by atoms with E-state index in [2.05, 4.69) is 11.0 Å². The lowest BCUT2D eigenvalue weighted by atomic mass is 9.83. The van der Waals surface area contributed by atoms with Gasteiger partial charge in [-0.15, -0.1) is 24.8 Å². The first-order chi connectivity index (χ1) is 14.0. The van der Waals surface area contributed by atoms with Crippen molar-refractivity contribution in [3.8, 4) is 5.75 Å². The van der Waals surface area contributed by atoms with Gasteiger partial charge in [0.2, 0.25) is 0 Å². The zero-order chi connectivity index (χ0) is 20.5. The summed E-state index contributed by atoms with van der Waals surface area (Å²) in [7, 11) is 0. The second-order valence-corrected chi connectivity index (χ2v) is 9.08. The number of hydrogen-bond donors (Lipinski definition) is 2. The average molecular weight is 508 g/mol. The molecule has 2 aromatic rings. The molecule has 0 spiro atoms. The van der Waals surface area contributed by atoms with E-state index in [0.717, 1.165) is 55.6 Å². The fraction of sp³-hybridized carbons (Fsp3) is 0.478. The van der Waals surface area contributed by atoms with E-state index in [9.17, 15) is 5.11 Å². The summed E-state index contributed by atoms with van der Waals surface area (Å²) in [5, 5.41) is 11.8. The van der Waals surface area contributed by atoms with Gasteiger partial charge in [0.15, 0.2) is 0 Å². The van der Waals surface area contributed by atoms with Crippen molar-refractivity contribution in [2.24, 2.45) is 11.7 Å². The van der Waals surface area contributed by atoms with E-state index in [1.54, 1.807) is 0 Å². The van der Waals surface area contributed by atoms with Crippen molar-refractivity contribution >= 4 is 48.0 Å². The second-order valence-electron chi connectivity index (χ2n) is 8.26. The molecular weight excluding hydrogens is 478 g/mol. The van der Waals surface area contributed by atoms with Crippen molar-refractivity contribution in [1.29, 1.82) is 0 Å². The van der Waals surface area contributed by atoms with E-state index in [1.807, 2.05) is 31.2 Å². The molecule has 31 heavy (non-hydrogen) atoms. The molecule has 2 aliphatic heterocycles. The molecule has 0 amide bonds. The van der Waals surface area contributed by atoms with Crippen LogP contribution in [0.25, 0.3) is 0 Å². The average Bonchev–Trinajstić information content (AvgIpc) is 2.73. The Labute approximate surface area is 206 Å². The van der Waals surface area contributed by atoms with E-state index in [4.69, 9.17) is 33.7 Å². The van der Waals surface area contributed by atoms with Crippen LogP contribution in [0.15, 0.2) is 30.3 Å². The van der Waals surface area contributed by atoms with Gasteiger partial charge in [0.25, 0.3) is 0 Å². The highest BCUT2D eigenvalue weighted by Crippen LogP contribution is 2.40. The van der Waals surface area contributed by atoms with Gasteiger partial charge in [0.1, 0.15) is 5.75 Å². The molecule has 4 rings (SSSR count). The fourth-order valence-electron chi connectivity index (χ4n) is 4.66. The first-order valence-electron chi connectivity index (χ1n) is 10.3. The number of piperidine rings is 1. The molecule has 2 heterocycles. The SMILES string of the molecule is Cc1ccc2c(c1O)C[C@@H](C1CCN(Cc3ccc(Cl)c(Cl)c3)CC1)O[C@H]2CN.Cl.Cl. The largest absolute Gasteiger partial charge is 0.507 e. The van der Waals surface area contributed by atoms with E-state index in [-0.39, 0.29) is 37.0 Å². The van der Waals surface area contributed by atoms with Crippen LogP contribution in [0.1, 0.15) is 41.2 Å². The maximum absolute atomic E-state index is 10.6. The number of nitrogens with two attached hydrogens (primary N) is 1. The Morgan fingerprint density at radius 1 is 1.10 bits per heavy atom. The highest BCUT2D eigenvalue weighted by molar-refractivity contribution is 6.42. The molecule has 2 atom stereocenters. The molecule has 2 aromatic carbocycles. The monoisotopic (exact) mass is 506 g/mol. The minimum atomic E-state index is -0.135. The number of nitrogens with zero attached hydrogens (tertiary/aromatic N) is 1. The molecular formula is C23H30Cl4N2O2. The standard InChI is InChI=1S/C23H28Cl2N2O2.2ClH/c1-14-2-4-17-18(23(14)28)11-21(29-22(17)12-26)16-6-8-27(9-7-16)13-15-3-5-19(24)20(25)10-15;;/h2-5,10,16,21-22,28H,6-9,11-13,26H2,1H3;2*1H/t21-,22-;;/m0../s1. The van der Waals surface area contributed by atoms with Gasteiger partial charge in [0, 0.05) is 25.1 Å². The van der Waals surface area contributed by atoms with Crippen molar-refractivity contribution in [2.45, 2.75) is 44.9 Å². The van der Waals surface area contributed by atoms with Crippen molar-refractivity contribution in [1.82, 2.24) is 4.90 Å². The third-order valence-electron chi connectivity index (χ3n) is 6.37. The molecule has 2 aliphatic rings. The first-order valence-corrected chi connectivity index (χ1v) is 11.0. The lowest BCUT2D eigenvalue weighted by Gasteiger charge is -2.40. The number of hydrogen-bond acceptors (Lipinski definition) is 4. The smallest absolute Gasteiger partial charge is 0.122 e. The van der Waals surface area contributed by atoms with Crippen LogP contribution in [0, 0.1) is 12.8 Å². The normalized spacial score (nSPS) is 21.7. The highest BCUT2D eigenvalue weighted by atomic mass is 35.5. The van der Waals surface area contributed by atoms with Crippen molar-refractivity contribution in [2.75, 3.05) is 19.6 Å². The van der Waals surface area contributed by atoms with E-state index >= 15 is 0 Å². The third-order valence-corrected chi connectivity index (χ3v) is 7.11. The predicted molar refractivity (Wildman–Crippen MR) is 132 cm³/mol. The fourth-order valence-corrected chi connectivity index (χ4v) is 4.98. The second kappa shape index (κ2) is 11.4. The summed E-state index contributed by atoms with van der Waals surface area (Å²) in [4.78, 5) is 2.45. The first kappa shape index (κ1) is 26.5. The number of aromatic hydroxyl groups is 1. The molecule has 1 fully saturated rings. The van der Waals surface area contributed by atoms with E-state index in [1.165, 1.54) is 5.56 Å². The number of phenolic OH excluding ortho intramolecular Hbond substituents is 1. The van der Waals surface area contributed by atoms with E-state index < -0.39 is 0 Å². The van der Waals surface area contributed by atoms with Crippen LogP contribution in [0.2, 0.25) is 10.0 Å². The quantitative estimate of drug-likeness (QED) is 0.556. The number of phenols is 1. The van der Waals surface area contributed by atoms with Crippen LogP contribution in [0.5, 0.6) is 5.75 Å². The number of halogens is 4. The molecule has 0 radical (unpaired) electrons. The Kier molecular flexibility index (Phi) is 9.78. The van der Waals surface area contributed by atoms with Crippen molar-refractivity contribution in [3.05, 3.63) is 62.6 Å². The number of rotatable bonds is 4. The molecule has 1 saturated heterocycles. The topological polar surface area (TPSA) is 58.7 Å². The molecule has 172 valence electrons. The van der Waals surface area contributed by atoms with Gasteiger partial charge >= 0.3 is 0 Å². The van der Waals surface area contributed by atoms with Crippen molar-refractivity contribution < 1.29 is 9.84 Å². The lowest BCUT2D eigenvalue weighted by molar-refractivity contribution is -0.0651. The molecule has 4 nitrogen and oxygen atoms in total. The van der Waals surface area contributed by atoms with Gasteiger partial charge < -0.3 is 15.6 Å². The minimum absolute atomic E-state index is 0. The summed E-state index contributed by atoms with van der Waals surface area (Å²) in [6.07, 6.45) is 2.88. The zero-order valence-corrected chi connectivity index (χ0v) is 20.7. The summed E-state index contributed by atoms with van der Waals surface area (Å²) in [6.45, 7) is 5.29. The number of aryl methyl sites for hydroxylation is 1. The van der Waals surface area contributed by atoms with Gasteiger partial charge in [-0.3, -0.25) is 4.90 Å². The van der Waals surface area contributed by atoms with Crippen LogP contribution < -0.4 is 5.73 Å². The Bertz CT molecular complexity index is 888. The highest BCUT2D eigenvalue weighted by Gasteiger charge is 2.35. The van der Waals surface area contributed by atoms with Gasteiger partial charge in [0.05, 0.1) is 22.3 Å². The maximum Gasteiger partial charge on any atom is 0.122 e. The molecule has 0 aromatic heterocycles. The van der Waals surface area contributed by atoms with Crippen LogP contribution in [-0.4, -0.2) is 35.7 Å². The molecule has 8 heteroatoms. The molecule has 0 unspecified atom stereocenters. The van der Waals surface area contributed by atoms with Gasteiger partial charge in [-0.25, -0.2) is 0 Å². The number of benzene rings is 2. The summed E-state index contributed by atoms with van der Waals surface area (Å²) >= 11 is 12.2. The molecule has 0 bridgehead atoms. The Hall–Kier alpha value is -0.720. The number of likely N-dealkylation sites (tertiary alicyclic amines) is 1. The summed E-state index contributed by atoms with van der Waals surface area (Å²) in [5.41, 5.74) is 10.2. The van der Waals surface area contributed by atoms with E-state index in [0.29, 0.717) is 28.3 Å². The van der Waals surface area contributed by atoms with Crippen LogP contribution in [-0.2, 0) is 17.7 Å². The van der Waals surface area contributed by atoms with Crippen LogP contribution in [0.3, 0.4) is 0 Å². The zero-order valence-electron chi connectivity index (χ0n) is 17.5. The van der Waals surface area contributed by atoms with Crippen LogP contribution >= 0.6 is 48.0 Å². The Morgan fingerprint density at radius 3 is 2.45 bits per heavy atom. The number of fused-ring (bicyclic) bond motifs is 1. The predicted octanol–water partition coefficient (Wildman–Crippen LogP) is 5.70. The van der Waals surface area contributed by atoms with Crippen LogP contribution in [0.4, 0.5) is 0 Å².